The van der Waals surface area contributed by atoms with Gasteiger partial charge >= 0.3 is 12.0 Å². The minimum Gasteiger partial charge on any atom is -0.480 e. The lowest BCUT2D eigenvalue weighted by atomic mass is 10.2. The maximum atomic E-state index is 11.9. The zero-order chi connectivity index (χ0) is 15.0. The number of methoxy groups -OCH3 is 1. The van der Waals surface area contributed by atoms with Crippen molar-refractivity contribution in [2.75, 3.05) is 26.8 Å². The van der Waals surface area contributed by atoms with E-state index in [9.17, 15) is 9.59 Å². The molecule has 0 unspecified atom stereocenters. The first-order chi connectivity index (χ1) is 9.52. The van der Waals surface area contributed by atoms with E-state index in [-0.39, 0.29) is 19.7 Å². The lowest BCUT2D eigenvalue weighted by Crippen LogP contribution is -2.44. The molecule has 20 heavy (non-hydrogen) atoms. The van der Waals surface area contributed by atoms with Gasteiger partial charge in [0.2, 0.25) is 0 Å². The second-order valence-corrected chi connectivity index (χ2v) is 5.01. The van der Waals surface area contributed by atoms with Gasteiger partial charge in [0, 0.05) is 24.7 Å². The van der Waals surface area contributed by atoms with Crippen molar-refractivity contribution in [2.24, 2.45) is 0 Å². The van der Waals surface area contributed by atoms with Crippen molar-refractivity contribution in [2.45, 2.75) is 6.54 Å². The molecular formula is C13H17BrN2O4. The fourth-order valence-corrected chi connectivity index (χ4v) is 2.00. The van der Waals surface area contributed by atoms with Crippen LogP contribution in [0.2, 0.25) is 0 Å². The number of carboxylic acids is 1. The summed E-state index contributed by atoms with van der Waals surface area (Å²) < 4.78 is 5.78. The van der Waals surface area contributed by atoms with Gasteiger partial charge in [-0.25, -0.2) is 4.79 Å². The fraction of sp³-hybridized carbons (Fsp3) is 0.385. The van der Waals surface area contributed by atoms with E-state index in [4.69, 9.17) is 9.84 Å². The van der Waals surface area contributed by atoms with Gasteiger partial charge in [-0.3, -0.25) is 4.79 Å². The number of carbonyl (C=O) groups excluding carboxylic acids is 1. The number of benzene rings is 1. The van der Waals surface area contributed by atoms with Crippen LogP contribution in [-0.2, 0) is 16.1 Å². The molecule has 2 amide bonds. The van der Waals surface area contributed by atoms with Crippen LogP contribution in [0.1, 0.15) is 5.56 Å². The maximum Gasteiger partial charge on any atom is 0.323 e. The van der Waals surface area contributed by atoms with Crippen LogP contribution >= 0.6 is 15.9 Å². The van der Waals surface area contributed by atoms with Gasteiger partial charge in [0.25, 0.3) is 0 Å². The first-order valence-corrected chi connectivity index (χ1v) is 6.80. The third-order valence-corrected chi connectivity index (χ3v) is 3.00. The summed E-state index contributed by atoms with van der Waals surface area (Å²) in [6.07, 6.45) is 0. The van der Waals surface area contributed by atoms with Crippen molar-refractivity contribution in [3.63, 3.8) is 0 Å². The van der Waals surface area contributed by atoms with E-state index in [0.717, 1.165) is 10.0 Å². The molecule has 0 aliphatic heterocycles. The monoisotopic (exact) mass is 344 g/mol. The number of halogens is 1. The lowest BCUT2D eigenvalue weighted by Gasteiger charge is -2.20. The maximum absolute atomic E-state index is 11.9. The molecule has 0 radical (unpaired) electrons. The molecule has 1 aromatic carbocycles. The average Bonchev–Trinajstić information content (AvgIpc) is 2.40. The Labute approximate surface area is 125 Å². The van der Waals surface area contributed by atoms with Crippen LogP contribution in [0, 0.1) is 0 Å². The summed E-state index contributed by atoms with van der Waals surface area (Å²) in [6.45, 7) is 0.500. The number of nitrogens with zero attached hydrogens (tertiary/aromatic N) is 1. The molecule has 0 bridgehead atoms. The molecule has 0 saturated carbocycles. The number of carbonyl (C=O) groups is 2. The second kappa shape index (κ2) is 8.55. The highest BCUT2D eigenvalue weighted by atomic mass is 79.9. The molecule has 0 aromatic heterocycles. The van der Waals surface area contributed by atoms with Crippen LogP contribution in [0.25, 0.3) is 0 Å². The van der Waals surface area contributed by atoms with Crippen LogP contribution in [0.4, 0.5) is 4.79 Å². The Morgan fingerprint density at radius 2 is 2.20 bits per heavy atom. The van der Waals surface area contributed by atoms with Crippen molar-refractivity contribution in [1.82, 2.24) is 10.2 Å². The van der Waals surface area contributed by atoms with Crippen LogP contribution in [0.5, 0.6) is 0 Å². The molecule has 7 heteroatoms. The summed E-state index contributed by atoms with van der Waals surface area (Å²) in [4.78, 5) is 23.9. The number of nitrogens with one attached hydrogen (secondary N) is 1. The largest absolute Gasteiger partial charge is 0.480 e. The van der Waals surface area contributed by atoms with E-state index in [1.54, 1.807) is 0 Å². The molecule has 0 spiro atoms. The standard InChI is InChI=1S/C13H17BrN2O4/c1-20-6-5-16(9-12(17)18)13(19)15-8-10-3-2-4-11(14)7-10/h2-4,7H,5-6,8-9H2,1H3,(H,15,19)(H,17,18). The van der Waals surface area contributed by atoms with Crippen molar-refractivity contribution in [3.05, 3.63) is 34.3 Å². The second-order valence-electron chi connectivity index (χ2n) is 4.10. The third kappa shape index (κ3) is 6.03. The van der Waals surface area contributed by atoms with E-state index in [0.29, 0.717) is 6.54 Å². The van der Waals surface area contributed by atoms with Gasteiger partial charge in [0.15, 0.2) is 0 Å². The Bertz CT molecular complexity index is 467. The van der Waals surface area contributed by atoms with Gasteiger partial charge in [-0.1, -0.05) is 28.1 Å². The summed E-state index contributed by atoms with van der Waals surface area (Å²) in [5, 5.41) is 11.5. The van der Waals surface area contributed by atoms with Crippen LogP contribution in [0.3, 0.4) is 0 Å². The molecule has 0 heterocycles. The number of carboxylic acid groups (broad SMARTS) is 1. The molecule has 1 aromatic rings. The summed E-state index contributed by atoms with van der Waals surface area (Å²) in [5.41, 5.74) is 0.926. The molecule has 6 nitrogen and oxygen atoms in total. The smallest absolute Gasteiger partial charge is 0.323 e. The predicted molar refractivity (Wildman–Crippen MR) is 77.5 cm³/mol. The summed E-state index contributed by atoms with van der Waals surface area (Å²) >= 11 is 3.35. The van der Waals surface area contributed by atoms with Crippen molar-refractivity contribution in [1.29, 1.82) is 0 Å². The molecule has 110 valence electrons. The van der Waals surface area contributed by atoms with Gasteiger partial charge in [0.1, 0.15) is 6.54 Å². The van der Waals surface area contributed by atoms with E-state index in [2.05, 4.69) is 21.2 Å². The van der Waals surface area contributed by atoms with Gasteiger partial charge in [-0.2, -0.15) is 0 Å². The van der Waals surface area contributed by atoms with E-state index < -0.39 is 12.0 Å². The summed E-state index contributed by atoms with van der Waals surface area (Å²) in [6, 6.07) is 7.09. The molecule has 0 fully saturated rings. The Kier molecular flexibility index (Phi) is 7.03. The van der Waals surface area contributed by atoms with Gasteiger partial charge in [-0.05, 0) is 17.7 Å². The molecule has 0 aliphatic carbocycles. The van der Waals surface area contributed by atoms with Crippen molar-refractivity contribution in [3.8, 4) is 0 Å². The molecule has 1 rings (SSSR count). The number of amides is 2. The third-order valence-electron chi connectivity index (χ3n) is 2.51. The molecule has 0 saturated heterocycles. The summed E-state index contributed by atoms with van der Waals surface area (Å²) in [5.74, 6) is -1.06. The Balaban J connectivity index is 2.54. The predicted octanol–water partition coefficient (Wildman–Crippen LogP) is 1.69. The number of ether oxygens (including phenoxy) is 1. The highest BCUT2D eigenvalue weighted by Gasteiger charge is 2.15. The van der Waals surface area contributed by atoms with Crippen LogP contribution in [-0.4, -0.2) is 48.8 Å². The van der Waals surface area contributed by atoms with E-state index >= 15 is 0 Å². The minimum atomic E-state index is -1.06. The van der Waals surface area contributed by atoms with Crippen molar-refractivity contribution >= 4 is 27.9 Å². The van der Waals surface area contributed by atoms with Crippen molar-refractivity contribution < 1.29 is 19.4 Å². The normalized spacial score (nSPS) is 10.1. The highest BCUT2D eigenvalue weighted by molar-refractivity contribution is 9.10. The minimum absolute atomic E-state index is 0.229. The molecule has 0 aliphatic rings. The first-order valence-electron chi connectivity index (χ1n) is 6.01. The first kappa shape index (κ1) is 16.5. The Morgan fingerprint density at radius 1 is 1.45 bits per heavy atom. The van der Waals surface area contributed by atoms with Crippen LogP contribution < -0.4 is 5.32 Å². The number of rotatable bonds is 7. The number of hydrogen-bond donors (Lipinski definition) is 2. The zero-order valence-corrected chi connectivity index (χ0v) is 12.7. The molecular weight excluding hydrogens is 328 g/mol. The summed E-state index contributed by atoms with van der Waals surface area (Å²) in [7, 11) is 1.50. The number of aliphatic carboxylic acids is 1. The Morgan fingerprint density at radius 3 is 2.80 bits per heavy atom. The van der Waals surface area contributed by atoms with Crippen LogP contribution in [0.15, 0.2) is 28.7 Å². The quantitative estimate of drug-likeness (QED) is 0.788. The fourth-order valence-electron chi connectivity index (χ4n) is 1.55. The van der Waals surface area contributed by atoms with Gasteiger partial charge in [-0.15, -0.1) is 0 Å². The highest BCUT2D eigenvalue weighted by Crippen LogP contribution is 2.11. The lowest BCUT2D eigenvalue weighted by molar-refractivity contribution is -0.137. The SMILES string of the molecule is COCCN(CC(=O)O)C(=O)NCc1cccc(Br)c1. The van der Waals surface area contributed by atoms with E-state index in [1.165, 1.54) is 12.0 Å². The van der Waals surface area contributed by atoms with Gasteiger partial charge < -0.3 is 20.1 Å². The Hall–Kier alpha value is -1.60. The number of urea groups is 1. The molecule has 2 N–H and O–H groups in total. The zero-order valence-electron chi connectivity index (χ0n) is 11.1. The average molecular weight is 345 g/mol. The van der Waals surface area contributed by atoms with Gasteiger partial charge in [0.05, 0.1) is 6.61 Å². The topological polar surface area (TPSA) is 78.9 Å². The number of hydrogen-bond acceptors (Lipinski definition) is 3. The molecule has 0 atom stereocenters. The van der Waals surface area contributed by atoms with E-state index in [1.807, 2.05) is 24.3 Å².